The molecular weight excluding hydrogens is 316 g/mol. The van der Waals surface area contributed by atoms with E-state index in [4.69, 9.17) is 19.1 Å². The van der Waals surface area contributed by atoms with Crippen LogP contribution in [0.1, 0.15) is 13.9 Å². The molecule has 0 fully saturated rings. The van der Waals surface area contributed by atoms with Crippen molar-refractivity contribution in [3.8, 4) is 5.75 Å². The first-order valence-corrected chi connectivity index (χ1v) is 5.89. The van der Waals surface area contributed by atoms with E-state index in [1.165, 1.54) is 0 Å². The van der Waals surface area contributed by atoms with Crippen LogP contribution >= 0.6 is 11.6 Å². The zero-order valence-electron chi connectivity index (χ0n) is 12.4. The Morgan fingerprint density at radius 3 is 2.71 bits per heavy atom. The molecule has 0 bridgehead atoms. The number of fused-ring (bicyclic) bond motifs is 1. The lowest BCUT2D eigenvalue weighted by Gasteiger charge is -2.28. The molecule has 0 unspecified atom stereocenters. The summed E-state index contributed by atoms with van der Waals surface area (Å²) in [6.07, 6.45) is -6.90. The van der Waals surface area contributed by atoms with Crippen molar-refractivity contribution in [2.75, 3.05) is 7.11 Å². The molecule has 0 spiro atoms. The molecule has 0 aromatic heterocycles. The topological polar surface area (TPSA) is 35.5 Å². The van der Waals surface area contributed by atoms with Gasteiger partial charge in [0.15, 0.2) is 0 Å². The predicted octanol–water partition coefficient (Wildman–Crippen LogP) is 3.69. The molecule has 0 amide bonds. The van der Waals surface area contributed by atoms with Crippen molar-refractivity contribution in [1.82, 2.24) is 0 Å². The normalized spacial score (nSPS) is 19.7. The van der Waals surface area contributed by atoms with Crippen LogP contribution in [-0.4, -0.2) is 25.4 Å². The van der Waals surface area contributed by atoms with Gasteiger partial charge in [-0.3, -0.25) is 0 Å². The summed E-state index contributed by atoms with van der Waals surface area (Å²) in [7, 11) is 0.899. The minimum absolute atomic E-state index is 0.130. The Morgan fingerprint density at radius 2 is 2.19 bits per heavy atom. The molecule has 1 aliphatic rings. The van der Waals surface area contributed by atoms with E-state index in [2.05, 4.69) is 4.74 Å². The number of benzene rings is 1. The van der Waals surface area contributed by atoms with Gasteiger partial charge < -0.3 is 9.47 Å². The molecular formula is C13H9ClF4O3. The van der Waals surface area contributed by atoms with Crippen molar-refractivity contribution >= 4 is 23.6 Å². The van der Waals surface area contributed by atoms with Crippen LogP contribution in [0.2, 0.25) is 5.02 Å². The summed E-state index contributed by atoms with van der Waals surface area (Å²) in [4.78, 5) is 11.5. The molecule has 8 heteroatoms. The monoisotopic (exact) mass is 326 g/mol. The number of hydrogen-bond acceptors (Lipinski definition) is 3. The van der Waals surface area contributed by atoms with Gasteiger partial charge in [-0.15, -0.1) is 0 Å². The van der Waals surface area contributed by atoms with Crippen LogP contribution in [-0.2, 0) is 16.2 Å². The molecule has 1 aliphatic heterocycles. The molecule has 0 N–H and O–H groups in total. The Labute approximate surface area is 124 Å². The Kier molecular flexibility index (Phi) is 3.42. The van der Waals surface area contributed by atoms with Crippen molar-refractivity contribution in [2.45, 2.75) is 18.9 Å². The third-order valence-corrected chi connectivity index (χ3v) is 2.95. The van der Waals surface area contributed by atoms with Gasteiger partial charge in [0, 0.05) is 16.1 Å². The van der Waals surface area contributed by atoms with Gasteiger partial charge in [-0.1, -0.05) is 11.6 Å². The first-order valence-electron chi connectivity index (χ1n) is 6.51. The van der Waals surface area contributed by atoms with Gasteiger partial charge in [-0.2, -0.15) is 13.2 Å². The zero-order chi connectivity index (χ0) is 17.6. The average molecular weight is 327 g/mol. The summed E-state index contributed by atoms with van der Waals surface area (Å²) in [5.41, 5.74) is -1.80. The quantitative estimate of drug-likeness (QED) is 0.614. The Hall–Kier alpha value is -1.76. The molecule has 0 saturated heterocycles. The second kappa shape index (κ2) is 5.55. The number of carbonyl (C=O) groups excluding carboxylic acids is 1. The van der Waals surface area contributed by atoms with Crippen LogP contribution < -0.4 is 4.74 Å². The zero-order valence-corrected chi connectivity index (χ0v) is 11.2. The van der Waals surface area contributed by atoms with Gasteiger partial charge in [0.05, 0.1) is 15.4 Å². The number of alkyl halides is 4. The summed E-state index contributed by atoms with van der Waals surface area (Å²) >= 11 is 5.72. The molecule has 114 valence electrons. The second-order valence-corrected chi connectivity index (χ2v) is 4.53. The fraction of sp³-hybridized carbons (Fsp3) is 0.308. The first-order chi connectivity index (χ1) is 10.4. The summed E-state index contributed by atoms with van der Waals surface area (Å²) in [5, 5.41) is -0.130. The highest BCUT2D eigenvalue weighted by Crippen LogP contribution is 2.40. The van der Waals surface area contributed by atoms with E-state index in [-0.39, 0.29) is 10.6 Å². The van der Waals surface area contributed by atoms with Crippen molar-refractivity contribution in [3.63, 3.8) is 0 Å². The van der Waals surface area contributed by atoms with Gasteiger partial charge in [0.1, 0.15) is 12.4 Å². The number of esters is 1. The van der Waals surface area contributed by atoms with E-state index >= 15 is 0 Å². The lowest BCUT2D eigenvalue weighted by Crippen LogP contribution is -2.40. The van der Waals surface area contributed by atoms with Crippen LogP contribution in [0.5, 0.6) is 5.75 Å². The number of carbonyl (C=O) groups is 1. The van der Waals surface area contributed by atoms with E-state index in [1.54, 1.807) is 0 Å². The number of ether oxygens (including phenoxy) is 2. The maximum Gasteiger partial charge on any atom is 0.430 e. The second-order valence-electron chi connectivity index (χ2n) is 4.10. The first kappa shape index (κ1) is 12.9. The highest BCUT2D eigenvalue weighted by atomic mass is 35.5. The Bertz CT molecular complexity index is 683. The van der Waals surface area contributed by atoms with E-state index in [9.17, 15) is 22.4 Å². The summed E-state index contributed by atoms with van der Waals surface area (Å²) in [6, 6.07) is 1.95. The van der Waals surface area contributed by atoms with Crippen LogP contribution in [0.3, 0.4) is 0 Å². The van der Waals surface area contributed by atoms with E-state index in [1.807, 2.05) is 0 Å². The third kappa shape index (κ3) is 2.97. The van der Waals surface area contributed by atoms with Gasteiger partial charge >= 0.3 is 12.1 Å². The van der Waals surface area contributed by atoms with Gasteiger partial charge in [0.25, 0.3) is 0 Å². The fourth-order valence-electron chi connectivity index (χ4n) is 1.88. The van der Waals surface area contributed by atoms with Gasteiger partial charge in [-0.05, 0) is 18.2 Å². The number of halogens is 5. The van der Waals surface area contributed by atoms with E-state index < -0.39 is 41.8 Å². The third-order valence-electron chi connectivity index (χ3n) is 2.73. The largest absolute Gasteiger partial charge is 0.475 e. The lowest BCUT2D eigenvalue weighted by atomic mass is 9.99. The van der Waals surface area contributed by atoms with E-state index in [0.29, 0.717) is 0 Å². The van der Waals surface area contributed by atoms with Crippen molar-refractivity contribution in [1.29, 1.82) is 0 Å². The number of rotatable bonds is 2. The molecule has 1 aromatic carbocycles. The maximum absolute atomic E-state index is 13.6. The molecule has 1 aromatic rings. The minimum Gasteiger partial charge on any atom is -0.475 e. The standard InChI is InChI=1S/C13H9ClF4O3/c1-20-12(19)9-4-6-2-8(14)3-7(5-15)10(6)21-11(9)13(16,17)18/h2-4,11H,5H2,1H3/t11-/m0/s1/i5D2. The predicted molar refractivity (Wildman–Crippen MR) is 66.7 cm³/mol. The minimum atomic E-state index is -4.99. The smallest absolute Gasteiger partial charge is 0.430 e. The Balaban J connectivity index is 2.70. The van der Waals surface area contributed by atoms with Gasteiger partial charge in [0.2, 0.25) is 6.10 Å². The average Bonchev–Trinajstić information content (AvgIpc) is 2.42. The highest BCUT2D eigenvalue weighted by molar-refractivity contribution is 6.30. The molecule has 0 radical (unpaired) electrons. The molecule has 1 atom stereocenters. The van der Waals surface area contributed by atoms with Gasteiger partial charge in [-0.25, -0.2) is 9.18 Å². The summed E-state index contributed by atoms with van der Waals surface area (Å²) in [5.74, 6) is -1.94. The van der Waals surface area contributed by atoms with Crippen LogP contribution in [0.4, 0.5) is 17.6 Å². The van der Waals surface area contributed by atoms with Crippen molar-refractivity contribution in [3.05, 3.63) is 33.9 Å². The molecule has 0 saturated carbocycles. The molecule has 1 heterocycles. The van der Waals surface area contributed by atoms with Crippen LogP contribution in [0.25, 0.3) is 6.08 Å². The highest BCUT2D eigenvalue weighted by Gasteiger charge is 2.49. The molecule has 21 heavy (non-hydrogen) atoms. The van der Waals surface area contributed by atoms with E-state index in [0.717, 1.165) is 25.3 Å². The van der Waals surface area contributed by atoms with Crippen molar-refractivity contribution in [2.24, 2.45) is 0 Å². The molecule has 0 aliphatic carbocycles. The maximum atomic E-state index is 13.6. The molecule has 2 rings (SSSR count). The summed E-state index contributed by atoms with van der Waals surface area (Å²) < 4.78 is 76.1. The van der Waals surface area contributed by atoms with Crippen LogP contribution in [0.15, 0.2) is 17.7 Å². The van der Waals surface area contributed by atoms with Crippen molar-refractivity contribution < 1.29 is 34.6 Å². The Morgan fingerprint density at radius 1 is 1.52 bits per heavy atom. The summed E-state index contributed by atoms with van der Waals surface area (Å²) in [6.45, 7) is -3.48. The molecule has 3 nitrogen and oxygen atoms in total. The van der Waals surface area contributed by atoms with Crippen LogP contribution in [0, 0.1) is 0 Å². The SMILES string of the molecule is [2H]C([2H])(F)c1cc(Cl)cc2c1O[C@H](C(F)(F)F)C(C(=O)OC)=C2. The number of methoxy groups -OCH3 is 1. The fourth-order valence-corrected chi connectivity index (χ4v) is 2.10. The lowest BCUT2D eigenvalue weighted by molar-refractivity contribution is -0.187. The number of hydrogen-bond donors (Lipinski definition) is 0.